The Morgan fingerprint density at radius 2 is 2.20 bits per heavy atom. The second-order valence-corrected chi connectivity index (χ2v) is 6.15. The predicted molar refractivity (Wildman–Crippen MR) is 83.3 cm³/mol. The van der Waals surface area contributed by atoms with Gasteiger partial charge in [-0.05, 0) is 38.5 Å². The molecular formula is C16H19ClN2O. The number of nitrogens with one attached hydrogen (secondary N) is 1. The summed E-state index contributed by atoms with van der Waals surface area (Å²) in [6, 6.07) is 8.20. The number of H-pyrrole nitrogens is 1. The molecule has 0 spiro atoms. The molecule has 106 valence electrons. The van der Waals surface area contributed by atoms with Crippen molar-refractivity contribution >= 4 is 17.3 Å². The summed E-state index contributed by atoms with van der Waals surface area (Å²) >= 11 is 6.41. The maximum Gasteiger partial charge on any atom is 0.0836 e. The molecule has 0 aliphatic carbocycles. The molecule has 20 heavy (non-hydrogen) atoms. The van der Waals surface area contributed by atoms with Crippen LogP contribution < -0.4 is 4.90 Å². The number of hydrogen-bond donors (Lipinski definition) is 2. The van der Waals surface area contributed by atoms with Crippen LogP contribution in [0.1, 0.15) is 20.3 Å². The van der Waals surface area contributed by atoms with Gasteiger partial charge in [0.1, 0.15) is 0 Å². The maximum absolute atomic E-state index is 10.3. The minimum absolute atomic E-state index is 0.0941. The van der Waals surface area contributed by atoms with Crippen LogP contribution in [0.2, 0.25) is 5.02 Å². The highest BCUT2D eigenvalue weighted by atomic mass is 35.5. The van der Waals surface area contributed by atoms with E-state index in [0.717, 1.165) is 34.8 Å². The van der Waals surface area contributed by atoms with Crippen molar-refractivity contribution in [3.05, 3.63) is 41.7 Å². The molecule has 1 aromatic heterocycles. The Hall–Kier alpha value is -1.45. The second kappa shape index (κ2) is 4.83. The van der Waals surface area contributed by atoms with Crippen molar-refractivity contribution in [2.75, 3.05) is 11.4 Å². The average Bonchev–Trinajstić information content (AvgIpc) is 3.00. The van der Waals surface area contributed by atoms with Gasteiger partial charge in [0.2, 0.25) is 0 Å². The number of aliphatic hydroxyl groups is 1. The third kappa shape index (κ3) is 2.21. The molecule has 2 N–H and O–H groups in total. The van der Waals surface area contributed by atoms with Crippen molar-refractivity contribution < 1.29 is 5.11 Å². The van der Waals surface area contributed by atoms with Gasteiger partial charge in [-0.15, -0.1) is 0 Å². The molecule has 1 aliphatic rings. The molecule has 3 rings (SSSR count). The molecule has 1 fully saturated rings. The Labute approximate surface area is 124 Å². The number of aromatic nitrogens is 1. The highest BCUT2D eigenvalue weighted by Gasteiger charge is 2.39. The predicted octanol–water partition coefficient (Wildman–Crippen LogP) is 3.68. The Morgan fingerprint density at radius 1 is 1.40 bits per heavy atom. The Bertz CT molecular complexity index is 607. The fourth-order valence-electron chi connectivity index (χ4n) is 2.85. The standard InChI is InChI=1S/C16H19ClN2O/c1-11-16(2,20)6-8-19(11)13-3-4-14(15(17)9-13)12-5-7-18-10-12/h3-5,7,9-11,18,20H,6,8H2,1-2H3/t11-,16-/m0/s1. The van der Waals surface area contributed by atoms with Gasteiger partial charge in [-0.3, -0.25) is 0 Å². The molecule has 2 heterocycles. The van der Waals surface area contributed by atoms with Gasteiger partial charge in [0.25, 0.3) is 0 Å². The van der Waals surface area contributed by atoms with E-state index in [0.29, 0.717) is 0 Å². The van der Waals surface area contributed by atoms with E-state index in [-0.39, 0.29) is 6.04 Å². The minimum Gasteiger partial charge on any atom is -0.388 e. The molecule has 0 saturated carbocycles. The lowest BCUT2D eigenvalue weighted by Crippen LogP contribution is -2.40. The summed E-state index contributed by atoms with van der Waals surface area (Å²) < 4.78 is 0. The van der Waals surface area contributed by atoms with Crippen LogP contribution in [-0.2, 0) is 0 Å². The lowest BCUT2D eigenvalue weighted by molar-refractivity contribution is 0.0566. The highest BCUT2D eigenvalue weighted by Crippen LogP contribution is 2.36. The molecule has 2 aromatic rings. The van der Waals surface area contributed by atoms with Gasteiger partial charge in [0.15, 0.2) is 0 Å². The third-order valence-electron chi connectivity index (χ3n) is 4.42. The molecule has 1 aromatic carbocycles. The van der Waals surface area contributed by atoms with Crippen molar-refractivity contribution in [1.29, 1.82) is 0 Å². The van der Waals surface area contributed by atoms with Gasteiger partial charge < -0.3 is 15.0 Å². The smallest absolute Gasteiger partial charge is 0.0836 e. The molecule has 4 heteroatoms. The Morgan fingerprint density at radius 3 is 2.75 bits per heavy atom. The third-order valence-corrected chi connectivity index (χ3v) is 4.73. The normalized spacial score (nSPS) is 26.2. The van der Waals surface area contributed by atoms with Crippen LogP contribution >= 0.6 is 11.6 Å². The molecule has 0 unspecified atom stereocenters. The van der Waals surface area contributed by atoms with Crippen LogP contribution in [0.3, 0.4) is 0 Å². The van der Waals surface area contributed by atoms with E-state index in [1.54, 1.807) is 0 Å². The summed E-state index contributed by atoms with van der Waals surface area (Å²) in [6.07, 6.45) is 4.61. The number of rotatable bonds is 2. The zero-order chi connectivity index (χ0) is 14.3. The molecule has 3 nitrogen and oxygen atoms in total. The van der Waals surface area contributed by atoms with E-state index < -0.39 is 5.60 Å². The molecular weight excluding hydrogens is 272 g/mol. The molecule has 1 saturated heterocycles. The molecule has 0 radical (unpaired) electrons. The van der Waals surface area contributed by atoms with E-state index in [4.69, 9.17) is 11.6 Å². The molecule has 0 bridgehead atoms. The zero-order valence-corrected chi connectivity index (χ0v) is 12.5. The van der Waals surface area contributed by atoms with Crippen LogP contribution in [0.4, 0.5) is 5.69 Å². The van der Waals surface area contributed by atoms with Gasteiger partial charge in [0.05, 0.1) is 16.7 Å². The first-order valence-electron chi connectivity index (χ1n) is 6.91. The van der Waals surface area contributed by atoms with Gasteiger partial charge in [-0.25, -0.2) is 0 Å². The summed E-state index contributed by atoms with van der Waals surface area (Å²) in [5.74, 6) is 0. The first kappa shape index (κ1) is 13.5. The van der Waals surface area contributed by atoms with Crippen molar-refractivity contribution in [1.82, 2.24) is 4.98 Å². The summed E-state index contributed by atoms with van der Waals surface area (Å²) in [5, 5.41) is 11.0. The maximum atomic E-state index is 10.3. The van der Waals surface area contributed by atoms with Crippen molar-refractivity contribution in [3.8, 4) is 11.1 Å². The van der Waals surface area contributed by atoms with Gasteiger partial charge in [-0.1, -0.05) is 17.7 Å². The largest absolute Gasteiger partial charge is 0.388 e. The Kier molecular flexibility index (Phi) is 3.27. The van der Waals surface area contributed by atoms with E-state index >= 15 is 0 Å². The van der Waals surface area contributed by atoms with Crippen molar-refractivity contribution in [2.45, 2.75) is 31.9 Å². The molecule has 2 atom stereocenters. The quantitative estimate of drug-likeness (QED) is 0.885. The number of hydrogen-bond acceptors (Lipinski definition) is 2. The summed E-state index contributed by atoms with van der Waals surface area (Å²) in [4.78, 5) is 5.26. The van der Waals surface area contributed by atoms with Gasteiger partial charge >= 0.3 is 0 Å². The zero-order valence-electron chi connectivity index (χ0n) is 11.7. The average molecular weight is 291 g/mol. The number of nitrogens with zero attached hydrogens (tertiary/aromatic N) is 1. The van der Waals surface area contributed by atoms with Gasteiger partial charge in [0, 0.05) is 35.8 Å². The number of aromatic amines is 1. The topological polar surface area (TPSA) is 39.3 Å². The number of halogens is 1. The summed E-state index contributed by atoms with van der Waals surface area (Å²) in [7, 11) is 0. The molecule has 0 amide bonds. The van der Waals surface area contributed by atoms with Crippen LogP contribution in [0.5, 0.6) is 0 Å². The summed E-state index contributed by atoms with van der Waals surface area (Å²) in [5.41, 5.74) is 2.55. The SMILES string of the molecule is C[C@@H]1N(c2ccc(-c3cc[nH]c3)c(Cl)c2)CC[C@]1(C)O. The fraction of sp³-hybridized carbons (Fsp3) is 0.375. The Balaban J connectivity index is 1.92. The van der Waals surface area contributed by atoms with Crippen LogP contribution in [0.15, 0.2) is 36.7 Å². The number of benzene rings is 1. The lowest BCUT2D eigenvalue weighted by Gasteiger charge is -2.30. The van der Waals surface area contributed by atoms with E-state index in [9.17, 15) is 5.11 Å². The first-order valence-corrected chi connectivity index (χ1v) is 7.28. The van der Waals surface area contributed by atoms with E-state index in [1.807, 2.05) is 37.5 Å². The first-order chi connectivity index (χ1) is 9.49. The second-order valence-electron chi connectivity index (χ2n) is 5.74. The van der Waals surface area contributed by atoms with Crippen molar-refractivity contribution in [2.24, 2.45) is 0 Å². The fourth-order valence-corrected chi connectivity index (χ4v) is 3.13. The lowest BCUT2D eigenvalue weighted by atomic mass is 9.99. The van der Waals surface area contributed by atoms with Crippen LogP contribution in [-0.4, -0.2) is 28.3 Å². The van der Waals surface area contributed by atoms with Crippen molar-refractivity contribution in [3.63, 3.8) is 0 Å². The van der Waals surface area contributed by atoms with E-state index in [1.165, 1.54) is 0 Å². The van der Waals surface area contributed by atoms with E-state index in [2.05, 4.69) is 22.9 Å². The number of anilines is 1. The van der Waals surface area contributed by atoms with Crippen LogP contribution in [0, 0.1) is 0 Å². The molecule has 1 aliphatic heterocycles. The summed E-state index contributed by atoms with van der Waals surface area (Å²) in [6.45, 7) is 4.81. The monoisotopic (exact) mass is 290 g/mol. The van der Waals surface area contributed by atoms with Crippen LogP contribution in [0.25, 0.3) is 11.1 Å². The van der Waals surface area contributed by atoms with Gasteiger partial charge in [-0.2, -0.15) is 0 Å². The highest BCUT2D eigenvalue weighted by molar-refractivity contribution is 6.33. The minimum atomic E-state index is -0.633.